The van der Waals surface area contributed by atoms with Crippen molar-refractivity contribution in [1.29, 1.82) is 0 Å². The quantitative estimate of drug-likeness (QED) is 0.548. The fraction of sp³-hybridized carbons (Fsp3) is 0.280. The SMILES string of the molecule is COc1ccc([C@H](CNC(=O)c2ccc(NC(=O)c3ccco3)cc2)N2CCOCC2)cc1. The molecule has 2 aromatic carbocycles. The van der Waals surface area contributed by atoms with Gasteiger partial charge in [0.1, 0.15) is 5.75 Å². The van der Waals surface area contributed by atoms with Gasteiger partial charge in [-0.25, -0.2) is 0 Å². The van der Waals surface area contributed by atoms with Gasteiger partial charge in [0.05, 0.1) is 32.6 Å². The van der Waals surface area contributed by atoms with E-state index in [-0.39, 0.29) is 23.6 Å². The number of amides is 2. The van der Waals surface area contributed by atoms with E-state index < -0.39 is 0 Å². The number of nitrogens with zero attached hydrogens (tertiary/aromatic N) is 1. The molecule has 0 unspecified atom stereocenters. The molecule has 1 aliphatic heterocycles. The monoisotopic (exact) mass is 449 g/mol. The Balaban J connectivity index is 1.39. The van der Waals surface area contributed by atoms with Gasteiger partial charge in [0, 0.05) is 30.9 Å². The normalized spacial score (nSPS) is 14.9. The number of carbonyl (C=O) groups is 2. The molecule has 1 aliphatic rings. The van der Waals surface area contributed by atoms with Crippen LogP contribution in [0.3, 0.4) is 0 Å². The molecule has 2 N–H and O–H groups in total. The number of hydrogen-bond acceptors (Lipinski definition) is 6. The number of carbonyl (C=O) groups excluding carboxylic acids is 2. The van der Waals surface area contributed by atoms with Gasteiger partial charge in [-0.1, -0.05) is 12.1 Å². The van der Waals surface area contributed by atoms with E-state index in [0.717, 1.165) is 24.4 Å². The molecule has 8 heteroatoms. The molecule has 4 rings (SSSR count). The summed E-state index contributed by atoms with van der Waals surface area (Å²) >= 11 is 0. The van der Waals surface area contributed by atoms with E-state index in [1.807, 2.05) is 24.3 Å². The molecule has 2 heterocycles. The molecule has 1 atom stereocenters. The second-order valence-corrected chi connectivity index (χ2v) is 7.66. The largest absolute Gasteiger partial charge is 0.497 e. The highest BCUT2D eigenvalue weighted by Gasteiger charge is 2.23. The third-order valence-corrected chi connectivity index (χ3v) is 5.59. The van der Waals surface area contributed by atoms with Gasteiger partial charge in [0.2, 0.25) is 0 Å². The summed E-state index contributed by atoms with van der Waals surface area (Å²) < 4.78 is 15.9. The number of hydrogen-bond donors (Lipinski definition) is 2. The van der Waals surface area contributed by atoms with Gasteiger partial charge in [0.15, 0.2) is 5.76 Å². The van der Waals surface area contributed by atoms with Gasteiger partial charge in [-0.2, -0.15) is 0 Å². The molecule has 1 fully saturated rings. The average molecular weight is 450 g/mol. The molecule has 1 saturated heterocycles. The molecule has 0 saturated carbocycles. The molecule has 1 aromatic heterocycles. The summed E-state index contributed by atoms with van der Waals surface area (Å²) in [5, 5.41) is 5.79. The minimum Gasteiger partial charge on any atom is -0.497 e. The summed E-state index contributed by atoms with van der Waals surface area (Å²) in [7, 11) is 1.64. The van der Waals surface area contributed by atoms with E-state index in [0.29, 0.717) is 31.0 Å². The van der Waals surface area contributed by atoms with Gasteiger partial charge >= 0.3 is 0 Å². The minimum atomic E-state index is -0.343. The smallest absolute Gasteiger partial charge is 0.291 e. The van der Waals surface area contributed by atoms with Crippen LogP contribution < -0.4 is 15.4 Å². The zero-order chi connectivity index (χ0) is 23.0. The summed E-state index contributed by atoms with van der Waals surface area (Å²) in [6.07, 6.45) is 1.44. The van der Waals surface area contributed by atoms with Crippen LogP contribution in [0.25, 0.3) is 0 Å². The van der Waals surface area contributed by atoms with Crippen molar-refractivity contribution in [3.05, 3.63) is 83.8 Å². The van der Waals surface area contributed by atoms with Crippen molar-refractivity contribution in [1.82, 2.24) is 10.2 Å². The number of morpholine rings is 1. The van der Waals surface area contributed by atoms with Gasteiger partial charge in [-0.15, -0.1) is 0 Å². The van der Waals surface area contributed by atoms with Crippen LogP contribution in [-0.4, -0.2) is 56.7 Å². The lowest BCUT2D eigenvalue weighted by molar-refractivity contribution is 0.0162. The van der Waals surface area contributed by atoms with Crippen LogP contribution in [0, 0.1) is 0 Å². The molecule has 0 spiro atoms. The van der Waals surface area contributed by atoms with Crippen LogP contribution in [0.1, 0.15) is 32.5 Å². The van der Waals surface area contributed by atoms with E-state index >= 15 is 0 Å². The van der Waals surface area contributed by atoms with Crippen molar-refractivity contribution in [2.45, 2.75) is 6.04 Å². The Morgan fingerprint density at radius 2 is 1.73 bits per heavy atom. The van der Waals surface area contributed by atoms with Gasteiger partial charge in [-0.05, 0) is 54.1 Å². The number of ether oxygens (including phenoxy) is 2. The fourth-order valence-electron chi connectivity index (χ4n) is 3.77. The summed E-state index contributed by atoms with van der Waals surface area (Å²) in [5.41, 5.74) is 2.20. The van der Waals surface area contributed by atoms with Gasteiger partial charge in [0.25, 0.3) is 11.8 Å². The maximum absolute atomic E-state index is 12.8. The number of methoxy groups -OCH3 is 1. The summed E-state index contributed by atoms with van der Waals surface area (Å²) in [5.74, 6) is 0.503. The first-order chi connectivity index (χ1) is 16.1. The molecule has 0 aliphatic carbocycles. The first-order valence-corrected chi connectivity index (χ1v) is 10.8. The molecule has 172 valence electrons. The maximum atomic E-state index is 12.8. The standard InChI is InChI=1S/C25H27N3O5/c1-31-21-10-6-18(7-11-21)22(28-12-15-32-16-13-28)17-26-24(29)19-4-8-20(9-5-19)27-25(30)23-3-2-14-33-23/h2-11,14,22H,12-13,15-17H2,1H3,(H,26,29)(H,27,30)/t22-/m0/s1. The molecule has 3 aromatic rings. The first-order valence-electron chi connectivity index (χ1n) is 10.8. The van der Waals surface area contributed by atoms with Crippen molar-refractivity contribution in [2.75, 3.05) is 45.3 Å². The first kappa shape index (κ1) is 22.6. The van der Waals surface area contributed by atoms with Crippen LogP contribution >= 0.6 is 0 Å². The Morgan fingerprint density at radius 1 is 1.00 bits per heavy atom. The predicted octanol–water partition coefficient (Wildman–Crippen LogP) is 3.34. The fourth-order valence-corrected chi connectivity index (χ4v) is 3.77. The molecule has 2 amide bonds. The lowest BCUT2D eigenvalue weighted by atomic mass is 10.0. The second kappa shape index (κ2) is 10.8. The third-order valence-electron chi connectivity index (χ3n) is 5.59. The minimum absolute atomic E-state index is 0.0237. The van der Waals surface area contributed by atoms with Crippen molar-refractivity contribution < 1.29 is 23.5 Å². The van der Waals surface area contributed by atoms with Crippen molar-refractivity contribution in [3.8, 4) is 5.75 Å². The molecule has 0 radical (unpaired) electrons. The third kappa shape index (κ3) is 5.79. The van der Waals surface area contributed by atoms with E-state index in [2.05, 4.69) is 15.5 Å². The van der Waals surface area contributed by atoms with Gasteiger partial charge in [-0.3, -0.25) is 14.5 Å². The van der Waals surface area contributed by atoms with Crippen LogP contribution in [0.5, 0.6) is 5.75 Å². The Kier molecular flexibility index (Phi) is 7.39. The number of nitrogens with one attached hydrogen (secondary N) is 2. The lowest BCUT2D eigenvalue weighted by Crippen LogP contribution is -2.43. The number of benzene rings is 2. The predicted molar refractivity (Wildman–Crippen MR) is 124 cm³/mol. The van der Waals surface area contributed by atoms with E-state index in [9.17, 15) is 9.59 Å². The summed E-state index contributed by atoms with van der Waals surface area (Å²) in [6.45, 7) is 3.41. The molecule has 0 bridgehead atoms. The van der Waals surface area contributed by atoms with Crippen LogP contribution in [-0.2, 0) is 4.74 Å². The molecular weight excluding hydrogens is 422 g/mol. The maximum Gasteiger partial charge on any atom is 0.291 e. The van der Waals surface area contributed by atoms with E-state index in [4.69, 9.17) is 13.9 Å². The molecule has 8 nitrogen and oxygen atoms in total. The van der Waals surface area contributed by atoms with Crippen LogP contribution in [0.4, 0.5) is 5.69 Å². The topological polar surface area (TPSA) is 93.0 Å². The highest BCUT2D eigenvalue weighted by Crippen LogP contribution is 2.24. The molecule has 33 heavy (non-hydrogen) atoms. The van der Waals surface area contributed by atoms with E-state index in [1.165, 1.54) is 6.26 Å². The number of anilines is 1. The number of furan rings is 1. The van der Waals surface area contributed by atoms with Crippen molar-refractivity contribution in [2.24, 2.45) is 0 Å². The van der Waals surface area contributed by atoms with Crippen molar-refractivity contribution in [3.63, 3.8) is 0 Å². The average Bonchev–Trinajstić information content (AvgIpc) is 3.41. The van der Waals surface area contributed by atoms with Crippen molar-refractivity contribution >= 4 is 17.5 Å². The van der Waals surface area contributed by atoms with E-state index in [1.54, 1.807) is 43.5 Å². The second-order valence-electron chi connectivity index (χ2n) is 7.66. The van der Waals surface area contributed by atoms with Crippen LogP contribution in [0.2, 0.25) is 0 Å². The highest BCUT2D eigenvalue weighted by atomic mass is 16.5. The molecular formula is C25H27N3O5. The summed E-state index contributed by atoms with van der Waals surface area (Å²) in [6, 6.07) is 17.9. The Hall–Kier alpha value is -3.62. The Labute approximate surface area is 192 Å². The Bertz CT molecular complexity index is 1040. The Morgan fingerprint density at radius 3 is 2.36 bits per heavy atom. The highest BCUT2D eigenvalue weighted by molar-refractivity contribution is 6.02. The summed E-state index contributed by atoms with van der Waals surface area (Å²) in [4.78, 5) is 27.2. The van der Waals surface area contributed by atoms with Gasteiger partial charge < -0.3 is 24.5 Å². The zero-order valence-corrected chi connectivity index (χ0v) is 18.5. The lowest BCUT2D eigenvalue weighted by Gasteiger charge is -2.35. The number of rotatable bonds is 8. The zero-order valence-electron chi connectivity index (χ0n) is 18.5. The van der Waals surface area contributed by atoms with Crippen LogP contribution in [0.15, 0.2) is 71.3 Å².